The van der Waals surface area contributed by atoms with E-state index in [-0.39, 0.29) is 0 Å². The summed E-state index contributed by atoms with van der Waals surface area (Å²) in [6.07, 6.45) is 0. The zero-order valence-corrected chi connectivity index (χ0v) is 15.0. The van der Waals surface area contributed by atoms with Gasteiger partial charge in [0.05, 0.1) is 22.4 Å². The first kappa shape index (κ1) is 14.6. The number of fused-ring (bicyclic) bond motifs is 1. The molecule has 0 aliphatic heterocycles. The second-order valence-corrected chi connectivity index (χ2v) is 6.61. The summed E-state index contributed by atoms with van der Waals surface area (Å²) in [4.78, 5) is 0. The van der Waals surface area contributed by atoms with Gasteiger partial charge in [0.25, 0.3) is 0 Å². The average molecular weight is 409 g/mol. The highest BCUT2D eigenvalue weighted by Crippen LogP contribution is 2.30. The summed E-state index contributed by atoms with van der Waals surface area (Å²) in [5, 5.41) is 10.4. The van der Waals surface area contributed by atoms with Crippen LogP contribution < -0.4 is 5.32 Å². The lowest BCUT2D eigenvalue weighted by Gasteiger charge is -2.11. The molecule has 3 nitrogen and oxygen atoms in total. The molecule has 3 rings (SSSR count). The lowest BCUT2D eigenvalue weighted by Crippen LogP contribution is -2.06. The van der Waals surface area contributed by atoms with E-state index in [1.54, 1.807) is 0 Å². The van der Waals surface area contributed by atoms with Gasteiger partial charge < -0.3 is 5.32 Å². The minimum absolute atomic E-state index is 0.726. The number of rotatable bonds is 3. The van der Waals surface area contributed by atoms with E-state index in [2.05, 4.69) is 78.7 Å². The van der Waals surface area contributed by atoms with Crippen molar-refractivity contribution in [1.29, 1.82) is 0 Å². The summed E-state index contributed by atoms with van der Waals surface area (Å²) in [5.41, 5.74) is 3.27. The van der Waals surface area contributed by atoms with Crippen molar-refractivity contribution in [2.45, 2.75) is 13.5 Å². The van der Waals surface area contributed by atoms with Crippen LogP contribution in [0.2, 0.25) is 0 Å². The van der Waals surface area contributed by atoms with Gasteiger partial charge in [0.1, 0.15) is 0 Å². The molecule has 0 radical (unpaired) electrons. The average Bonchev–Trinajstić information content (AvgIpc) is 2.72. The van der Waals surface area contributed by atoms with Crippen molar-refractivity contribution in [3.05, 3.63) is 56.7 Å². The Labute approximate surface area is 140 Å². The van der Waals surface area contributed by atoms with E-state index in [9.17, 15) is 0 Å². The molecule has 21 heavy (non-hydrogen) atoms. The lowest BCUT2D eigenvalue weighted by molar-refractivity contribution is 0.713. The molecule has 0 spiro atoms. The minimum atomic E-state index is 0.726. The number of nitrogens with one attached hydrogen (secondary N) is 1. The Morgan fingerprint density at radius 2 is 1.81 bits per heavy atom. The first-order chi connectivity index (χ1) is 10.1. The quantitative estimate of drug-likeness (QED) is 0.659. The summed E-state index contributed by atoms with van der Waals surface area (Å²) >= 11 is 7.21. The molecule has 0 aliphatic carbocycles. The fourth-order valence-electron chi connectivity index (χ4n) is 2.47. The van der Waals surface area contributed by atoms with Crippen molar-refractivity contribution in [2.75, 3.05) is 5.32 Å². The van der Waals surface area contributed by atoms with Gasteiger partial charge in [0.2, 0.25) is 0 Å². The fraction of sp³-hybridized carbons (Fsp3) is 0.188. The first-order valence-corrected chi connectivity index (χ1v) is 8.25. The number of aryl methyl sites for hydroxylation is 2. The van der Waals surface area contributed by atoms with Crippen molar-refractivity contribution in [2.24, 2.45) is 7.05 Å². The van der Waals surface area contributed by atoms with Crippen LogP contribution in [0.15, 0.2) is 45.3 Å². The van der Waals surface area contributed by atoms with Crippen LogP contribution in [0.4, 0.5) is 5.69 Å². The molecule has 1 heterocycles. The lowest BCUT2D eigenvalue weighted by atomic mass is 10.1. The Balaban J connectivity index is 1.94. The van der Waals surface area contributed by atoms with E-state index >= 15 is 0 Å². The highest BCUT2D eigenvalue weighted by molar-refractivity contribution is 9.11. The molecule has 108 valence electrons. The fourth-order valence-corrected chi connectivity index (χ4v) is 3.42. The van der Waals surface area contributed by atoms with Crippen molar-refractivity contribution >= 4 is 48.3 Å². The highest BCUT2D eigenvalue weighted by Gasteiger charge is 2.11. The summed E-state index contributed by atoms with van der Waals surface area (Å²) in [6.45, 7) is 2.73. The monoisotopic (exact) mass is 407 g/mol. The molecular weight excluding hydrogens is 394 g/mol. The normalized spacial score (nSPS) is 11.0. The van der Waals surface area contributed by atoms with Crippen LogP contribution in [0.3, 0.4) is 0 Å². The van der Waals surface area contributed by atoms with Gasteiger partial charge in [-0.05, 0) is 40.4 Å². The molecule has 0 saturated heterocycles. The third kappa shape index (κ3) is 2.72. The van der Waals surface area contributed by atoms with E-state index in [1.807, 2.05) is 18.7 Å². The van der Waals surface area contributed by atoms with Gasteiger partial charge in [-0.2, -0.15) is 5.10 Å². The van der Waals surface area contributed by atoms with E-state index in [4.69, 9.17) is 0 Å². The Kier molecular flexibility index (Phi) is 4.04. The second kappa shape index (κ2) is 5.81. The Morgan fingerprint density at radius 3 is 2.48 bits per heavy atom. The Morgan fingerprint density at radius 1 is 1.10 bits per heavy atom. The predicted octanol–water partition coefficient (Wildman–Crippen LogP) is 5.02. The molecule has 0 fully saturated rings. The van der Waals surface area contributed by atoms with Crippen LogP contribution in [-0.4, -0.2) is 9.78 Å². The molecule has 1 aromatic heterocycles. The van der Waals surface area contributed by atoms with E-state index < -0.39 is 0 Å². The molecule has 3 aromatic rings. The Bertz CT molecular complexity index is 809. The predicted molar refractivity (Wildman–Crippen MR) is 94.6 cm³/mol. The first-order valence-electron chi connectivity index (χ1n) is 6.67. The minimum Gasteiger partial charge on any atom is -0.379 e. The standard InChI is InChI=1S/C16H15Br2N3/c1-10-16(18)15(21(2)20-10)9-19-14-8-7-13(17)11-5-3-4-6-12(11)14/h3-8,19H,9H2,1-2H3. The molecule has 1 N–H and O–H groups in total. The molecule has 0 unspecified atom stereocenters. The van der Waals surface area contributed by atoms with E-state index in [1.165, 1.54) is 10.8 Å². The largest absolute Gasteiger partial charge is 0.379 e. The number of anilines is 1. The number of benzene rings is 2. The summed E-state index contributed by atoms with van der Waals surface area (Å²) < 4.78 is 4.09. The molecule has 2 aromatic carbocycles. The molecular formula is C16H15Br2N3. The van der Waals surface area contributed by atoms with Gasteiger partial charge in [-0.3, -0.25) is 4.68 Å². The second-order valence-electron chi connectivity index (χ2n) is 4.96. The van der Waals surface area contributed by atoms with Crippen LogP contribution >= 0.6 is 31.9 Å². The molecule has 0 atom stereocenters. The molecule has 0 amide bonds. The zero-order valence-electron chi connectivity index (χ0n) is 11.8. The van der Waals surface area contributed by atoms with Gasteiger partial charge in [-0.15, -0.1) is 0 Å². The number of halogens is 2. The van der Waals surface area contributed by atoms with Gasteiger partial charge in [0.15, 0.2) is 0 Å². The smallest absolute Gasteiger partial charge is 0.0739 e. The maximum Gasteiger partial charge on any atom is 0.0739 e. The maximum absolute atomic E-state index is 4.42. The van der Waals surface area contributed by atoms with Crippen LogP contribution in [0.5, 0.6) is 0 Å². The third-order valence-electron chi connectivity index (χ3n) is 3.58. The van der Waals surface area contributed by atoms with Crippen LogP contribution in [0.25, 0.3) is 10.8 Å². The highest BCUT2D eigenvalue weighted by atomic mass is 79.9. The summed E-state index contributed by atoms with van der Waals surface area (Å²) in [7, 11) is 1.97. The number of hydrogen-bond donors (Lipinski definition) is 1. The van der Waals surface area contributed by atoms with E-state index in [0.717, 1.165) is 32.6 Å². The van der Waals surface area contributed by atoms with Crippen LogP contribution in [0.1, 0.15) is 11.4 Å². The van der Waals surface area contributed by atoms with Crippen molar-refractivity contribution in [3.8, 4) is 0 Å². The third-order valence-corrected chi connectivity index (χ3v) is 5.30. The van der Waals surface area contributed by atoms with E-state index in [0.29, 0.717) is 0 Å². The SMILES string of the molecule is Cc1nn(C)c(CNc2ccc(Br)c3ccccc23)c1Br. The van der Waals surface area contributed by atoms with Gasteiger partial charge in [-0.25, -0.2) is 0 Å². The van der Waals surface area contributed by atoms with Crippen LogP contribution in [0, 0.1) is 6.92 Å². The van der Waals surface area contributed by atoms with Crippen molar-refractivity contribution in [1.82, 2.24) is 9.78 Å². The van der Waals surface area contributed by atoms with Crippen LogP contribution in [-0.2, 0) is 13.6 Å². The molecule has 0 aliphatic rings. The number of hydrogen-bond acceptors (Lipinski definition) is 2. The van der Waals surface area contributed by atoms with Gasteiger partial charge >= 0.3 is 0 Å². The molecule has 5 heteroatoms. The molecule has 0 saturated carbocycles. The van der Waals surface area contributed by atoms with Gasteiger partial charge in [-0.1, -0.05) is 40.2 Å². The van der Waals surface area contributed by atoms with Crippen molar-refractivity contribution in [3.63, 3.8) is 0 Å². The molecule has 0 bridgehead atoms. The summed E-state index contributed by atoms with van der Waals surface area (Å²) in [6, 6.07) is 12.5. The summed E-state index contributed by atoms with van der Waals surface area (Å²) in [5.74, 6) is 0. The number of aromatic nitrogens is 2. The topological polar surface area (TPSA) is 29.9 Å². The Hall–Kier alpha value is -1.33. The van der Waals surface area contributed by atoms with Gasteiger partial charge in [0, 0.05) is 22.6 Å². The number of nitrogens with zero attached hydrogens (tertiary/aromatic N) is 2. The van der Waals surface area contributed by atoms with Crippen molar-refractivity contribution < 1.29 is 0 Å². The zero-order chi connectivity index (χ0) is 15.0. The maximum atomic E-state index is 4.42.